The van der Waals surface area contributed by atoms with Gasteiger partial charge in [0.1, 0.15) is 5.69 Å². The van der Waals surface area contributed by atoms with Crippen molar-refractivity contribution in [2.24, 2.45) is 0 Å². The van der Waals surface area contributed by atoms with Crippen LogP contribution < -0.4 is 0 Å². The number of rotatable bonds is 2. The van der Waals surface area contributed by atoms with Gasteiger partial charge in [0.15, 0.2) is 0 Å². The minimum atomic E-state index is 0.876. The van der Waals surface area contributed by atoms with Crippen molar-refractivity contribution < 1.29 is 0 Å². The first-order chi connectivity index (χ1) is 9.90. The molecule has 1 aliphatic carbocycles. The van der Waals surface area contributed by atoms with E-state index < -0.39 is 0 Å². The maximum atomic E-state index is 4.60. The van der Waals surface area contributed by atoms with Crippen LogP contribution in [0, 0.1) is 0 Å². The first-order valence-corrected chi connectivity index (χ1v) is 7.69. The molecule has 0 fully saturated rings. The lowest BCUT2D eigenvalue weighted by molar-refractivity contribution is 0.738. The molecule has 20 heavy (non-hydrogen) atoms. The van der Waals surface area contributed by atoms with Gasteiger partial charge in [-0.3, -0.25) is 0 Å². The third kappa shape index (κ3) is 2.04. The van der Waals surface area contributed by atoms with Crippen LogP contribution >= 0.6 is 11.3 Å². The molecule has 0 unspecified atom stereocenters. The van der Waals surface area contributed by atoms with Gasteiger partial charge in [0.05, 0.1) is 16.4 Å². The summed E-state index contributed by atoms with van der Waals surface area (Å²) in [6, 6.07) is 8.14. The van der Waals surface area contributed by atoms with Gasteiger partial charge >= 0.3 is 0 Å². The predicted molar refractivity (Wildman–Crippen MR) is 81.0 cm³/mol. The number of para-hydroxylation sites is 1. The van der Waals surface area contributed by atoms with Gasteiger partial charge < -0.3 is 0 Å². The molecular formula is C15H14N4S. The van der Waals surface area contributed by atoms with Crippen molar-refractivity contribution in [3.05, 3.63) is 42.2 Å². The number of hydrogen-bond donors (Lipinski definition) is 0. The van der Waals surface area contributed by atoms with Crippen LogP contribution in [0.3, 0.4) is 0 Å². The van der Waals surface area contributed by atoms with E-state index in [1.54, 1.807) is 16.0 Å². The van der Waals surface area contributed by atoms with Crippen LogP contribution in [-0.4, -0.2) is 20.0 Å². The largest absolute Gasteiger partial charge is 0.218 e. The van der Waals surface area contributed by atoms with Crippen molar-refractivity contribution in [2.45, 2.75) is 25.7 Å². The molecule has 4 nitrogen and oxygen atoms in total. The van der Waals surface area contributed by atoms with E-state index in [1.807, 2.05) is 24.4 Å². The first kappa shape index (κ1) is 11.8. The second-order valence-corrected chi connectivity index (χ2v) is 6.00. The zero-order chi connectivity index (χ0) is 13.4. The maximum absolute atomic E-state index is 4.60. The van der Waals surface area contributed by atoms with Gasteiger partial charge in [-0.2, -0.15) is 4.68 Å². The van der Waals surface area contributed by atoms with E-state index in [9.17, 15) is 0 Å². The van der Waals surface area contributed by atoms with E-state index in [0.717, 1.165) is 29.2 Å². The topological polar surface area (TPSA) is 43.6 Å². The summed E-state index contributed by atoms with van der Waals surface area (Å²) >= 11 is 1.64. The van der Waals surface area contributed by atoms with Crippen molar-refractivity contribution in [1.82, 2.24) is 20.0 Å². The molecule has 0 spiro atoms. The highest BCUT2D eigenvalue weighted by Gasteiger charge is 2.12. The quantitative estimate of drug-likeness (QED) is 0.717. The van der Waals surface area contributed by atoms with Gasteiger partial charge in [-0.25, -0.2) is 4.98 Å². The number of nitrogens with zero attached hydrogens (tertiary/aromatic N) is 4. The van der Waals surface area contributed by atoms with Gasteiger partial charge in [-0.1, -0.05) is 34.8 Å². The fourth-order valence-corrected chi connectivity index (χ4v) is 3.42. The molecule has 100 valence electrons. The Balaban J connectivity index is 1.72. The monoisotopic (exact) mass is 282 g/mol. The average molecular weight is 282 g/mol. The van der Waals surface area contributed by atoms with Crippen LogP contribution in [0.5, 0.6) is 0 Å². The Morgan fingerprint density at radius 1 is 1.15 bits per heavy atom. The summed E-state index contributed by atoms with van der Waals surface area (Å²) in [4.78, 5) is 4.60. The standard InChI is InChI=1S/C15H14N4S/c1-2-6-11(7-3-1)13-10-19(18-17-13)15-16-12-8-4-5-9-14(12)20-15/h4-6,8-10H,1-3,7H2. The zero-order valence-corrected chi connectivity index (χ0v) is 11.8. The Labute approximate surface area is 120 Å². The van der Waals surface area contributed by atoms with Crippen molar-refractivity contribution in [2.75, 3.05) is 0 Å². The minimum absolute atomic E-state index is 0.876. The Bertz CT molecular complexity index is 751. The number of thiazole rings is 1. The number of aromatic nitrogens is 4. The fourth-order valence-electron chi connectivity index (χ4n) is 2.53. The Kier molecular flexibility index (Phi) is 2.85. The predicted octanol–water partition coefficient (Wildman–Crippen LogP) is 3.83. The van der Waals surface area contributed by atoms with Crippen LogP contribution in [0.15, 0.2) is 36.5 Å². The summed E-state index contributed by atoms with van der Waals surface area (Å²) in [5.41, 5.74) is 3.33. The summed E-state index contributed by atoms with van der Waals surface area (Å²) in [7, 11) is 0. The summed E-state index contributed by atoms with van der Waals surface area (Å²) in [5, 5.41) is 9.40. The number of benzene rings is 1. The third-order valence-electron chi connectivity index (χ3n) is 3.59. The van der Waals surface area contributed by atoms with Crippen LogP contribution in [0.2, 0.25) is 0 Å². The van der Waals surface area contributed by atoms with Crippen LogP contribution in [0.4, 0.5) is 0 Å². The van der Waals surface area contributed by atoms with Crippen molar-refractivity contribution >= 4 is 27.1 Å². The van der Waals surface area contributed by atoms with Crippen LogP contribution in [0.1, 0.15) is 31.4 Å². The zero-order valence-electron chi connectivity index (χ0n) is 11.0. The molecule has 1 aromatic carbocycles. The summed E-state index contributed by atoms with van der Waals surface area (Å²) in [6.07, 6.45) is 9.09. The summed E-state index contributed by atoms with van der Waals surface area (Å²) in [5.74, 6) is 0. The molecule has 2 heterocycles. The highest BCUT2D eigenvalue weighted by molar-refractivity contribution is 7.20. The van der Waals surface area contributed by atoms with E-state index in [-0.39, 0.29) is 0 Å². The lowest BCUT2D eigenvalue weighted by atomic mass is 9.98. The van der Waals surface area contributed by atoms with Crippen molar-refractivity contribution in [1.29, 1.82) is 0 Å². The van der Waals surface area contributed by atoms with Crippen LogP contribution in [0.25, 0.3) is 20.9 Å². The second kappa shape index (κ2) is 4.83. The van der Waals surface area contributed by atoms with E-state index >= 15 is 0 Å². The SMILES string of the molecule is C1=C(c2cn(-c3nc4ccccc4s3)nn2)CCCC1. The van der Waals surface area contributed by atoms with Gasteiger partial charge in [0.25, 0.3) is 0 Å². The number of allylic oxidation sites excluding steroid dienone is 2. The van der Waals surface area contributed by atoms with Crippen molar-refractivity contribution in [3.63, 3.8) is 0 Å². The molecule has 4 rings (SSSR count). The maximum Gasteiger partial charge on any atom is 0.212 e. The molecule has 5 heteroatoms. The molecule has 0 atom stereocenters. The normalized spacial score (nSPS) is 15.5. The summed E-state index contributed by atoms with van der Waals surface area (Å²) in [6.45, 7) is 0. The molecule has 0 saturated carbocycles. The fraction of sp³-hybridized carbons (Fsp3) is 0.267. The van der Waals surface area contributed by atoms with Gasteiger partial charge in [-0.15, -0.1) is 5.10 Å². The first-order valence-electron chi connectivity index (χ1n) is 6.88. The van der Waals surface area contributed by atoms with Crippen molar-refractivity contribution in [3.8, 4) is 5.13 Å². The Morgan fingerprint density at radius 3 is 2.95 bits per heavy atom. The molecule has 0 aliphatic heterocycles. The summed E-state index contributed by atoms with van der Waals surface area (Å²) < 4.78 is 2.96. The lowest BCUT2D eigenvalue weighted by Gasteiger charge is -2.08. The second-order valence-electron chi connectivity index (χ2n) is 4.99. The van der Waals surface area contributed by atoms with E-state index in [1.165, 1.54) is 23.1 Å². The van der Waals surface area contributed by atoms with Gasteiger partial charge in [0, 0.05) is 0 Å². The van der Waals surface area contributed by atoms with Gasteiger partial charge in [0.2, 0.25) is 5.13 Å². The van der Waals surface area contributed by atoms with Gasteiger partial charge in [-0.05, 0) is 43.4 Å². The molecule has 3 aromatic rings. The third-order valence-corrected chi connectivity index (χ3v) is 4.62. The average Bonchev–Trinajstić information content (AvgIpc) is 3.14. The molecular weight excluding hydrogens is 268 g/mol. The highest BCUT2D eigenvalue weighted by Crippen LogP contribution is 2.27. The smallest absolute Gasteiger partial charge is 0.212 e. The minimum Gasteiger partial charge on any atom is -0.218 e. The van der Waals surface area contributed by atoms with Crippen LogP contribution in [-0.2, 0) is 0 Å². The highest BCUT2D eigenvalue weighted by atomic mass is 32.1. The molecule has 2 aromatic heterocycles. The Morgan fingerprint density at radius 2 is 2.10 bits per heavy atom. The molecule has 0 saturated heterocycles. The van der Waals surface area contributed by atoms with E-state index in [2.05, 4.69) is 27.4 Å². The number of hydrogen-bond acceptors (Lipinski definition) is 4. The molecule has 0 radical (unpaired) electrons. The molecule has 0 amide bonds. The Hall–Kier alpha value is -2.01. The molecule has 0 N–H and O–H groups in total. The molecule has 0 bridgehead atoms. The lowest BCUT2D eigenvalue weighted by Crippen LogP contribution is -1.93. The number of fused-ring (bicyclic) bond motifs is 1. The van der Waals surface area contributed by atoms with E-state index in [0.29, 0.717) is 0 Å². The molecule has 1 aliphatic rings. The van der Waals surface area contributed by atoms with E-state index in [4.69, 9.17) is 0 Å².